The number of halogens is 3. The Morgan fingerprint density at radius 2 is 1.87 bits per heavy atom. The molecule has 0 bridgehead atoms. The van der Waals surface area contributed by atoms with Gasteiger partial charge in [-0.3, -0.25) is 9.78 Å². The number of nitrogens with one attached hydrogen (secondary N) is 1. The Kier molecular flexibility index (Phi) is 6.82. The van der Waals surface area contributed by atoms with Gasteiger partial charge in [-0.25, -0.2) is 13.2 Å². The molecule has 3 rings (SSSR count). The molecule has 0 aliphatic rings. The van der Waals surface area contributed by atoms with Gasteiger partial charge in [-0.15, -0.1) is 0 Å². The number of carbonyl (C=O) groups is 1. The maximum atomic E-state index is 14.2. The van der Waals surface area contributed by atoms with Crippen molar-refractivity contribution >= 4 is 12.0 Å². The molecule has 0 aliphatic carbocycles. The summed E-state index contributed by atoms with van der Waals surface area (Å²) < 4.78 is 46.8. The van der Waals surface area contributed by atoms with E-state index in [2.05, 4.69) is 10.3 Å². The van der Waals surface area contributed by atoms with E-state index in [9.17, 15) is 23.1 Å². The summed E-state index contributed by atoms with van der Waals surface area (Å²) in [5.74, 6) is -2.69. The van der Waals surface area contributed by atoms with Gasteiger partial charge in [0.15, 0.2) is 11.6 Å². The standard InChI is InChI=1S/C22H17F3N2O3/c23-16-4-1-5-17(24)22(16)19(28)13-27-21(29)9-7-14-6-8-20(18(25)11-14)30-15-3-2-10-26-12-15/h1-12,19,28H,13H2,(H,27,29)/b9-7+. The minimum Gasteiger partial charge on any atom is -0.453 e. The molecule has 1 amide bonds. The first-order valence-electron chi connectivity index (χ1n) is 8.89. The lowest BCUT2D eigenvalue weighted by Gasteiger charge is -2.13. The fraction of sp³-hybridized carbons (Fsp3) is 0.0909. The molecule has 1 atom stereocenters. The molecule has 154 valence electrons. The molecule has 30 heavy (non-hydrogen) atoms. The number of benzene rings is 2. The molecule has 0 radical (unpaired) electrons. The van der Waals surface area contributed by atoms with E-state index in [0.717, 1.165) is 18.2 Å². The summed E-state index contributed by atoms with van der Waals surface area (Å²) >= 11 is 0. The van der Waals surface area contributed by atoms with Crippen molar-refractivity contribution in [3.05, 3.63) is 95.6 Å². The zero-order valence-corrected chi connectivity index (χ0v) is 15.6. The van der Waals surface area contributed by atoms with E-state index in [1.807, 2.05) is 0 Å². The highest BCUT2D eigenvalue weighted by Gasteiger charge is 2.17. The van der Waals surface area contributed by atoms with Crippen LogP contribution in [0.2, 0.25) is 0 Å². The highest BCUT2D eigenvalue weighted by atomic mass is 19.1. The van der Waals surface area contributed by atoms with Crippen molar-refractivity contribution in [3.63, 3.8) is 0 Å². The molecule has 2 N–H and O–H groups in total. The first-order chi connectivity index (χ1) is 14.4. The molecule has 2 aromatic carbocycles. The Morgan fingerprint density at radius 1 is 1.10 bits per heavy atom. The number of hydrogen-bond acceptors (Lipinski definition) is 4. The third-order valence-electron chi connectivity index (χ3n) is 4.05. The molecule has 0 saturated carbocycles. The second-order valence-corrected chi connectivity index (χ2v) is 6.21. The average Bonchev–Trinajstić information content (AvgIpc) is 2.73. The molecular weight excluding hydrogens is 397 g/mol. The van der Waals surface area contributed by atoms with Crippen molar-refractivity contribution in [2.45, 2.75) is 6.10 Å². The van der Waals surface area contributed by atoms with Crippen molar-refractivity contribution in [3.8, 4) is 11.5 Å². The van der Waals surface area contributed by atoms with Crippen LogP contribution < -0.4 is 10.1 Å². The van der Waals surface area contributed by atoms with Crippen LogP contribution >= 0.6 is 0 Å². The van der Waals surface area contributed by atoms with Gasteiger partial charge >= 0.3 is 0 Å². The van der Waals surface area contributed by atoms with E-state index < -0.39 is 41.6 Å². The fourth-order valence-electron chi connectivity index (χ4n) is 2.60. The van der Waals surface area contributed by atoms with Crippen molar-refractivity contribution in [1.82, 2.24) is 10.3 Å². The number of aliphatic hydroxyl groups is 1. The molecule has 0 spiro atoms. The van der Waals surface area contributed by atoms with Crippen molar-refractivity contribution < 1.29 is 27.8 Å². The number of carbonyl (C=O) groups excluding carboxylic acids is 1. The predicted octanol–water partition coefficient (Wildman–Crippen LogP) is 4.15. The maximum absolute atomic E-state index is 14.2. The summed E-state index contributed by atoms with van der Waals surface area (Å²) in [5.41, 5.74) is -0.130. The van der Waals surface area contributed by atoms with Crippen LogP contribution in [0.25, 0.3) is 6.08 Å². The van der Waals surface area contributed by atoms with Gasteiger partial charge in [0.2, 0.25) is 5.91 Å². The summed E-state index contributed by atoms with van der Waals surface area (Å²) in [4.78, 5) is 15.8. The number of aromatic nitrogens is 1. The van der Waals surface area contributed by atoms with E-state index in [0.29, 0.717) is 11.3 Å². The lowest BCUT2D eigenvalue weighted by molar-refractivity contribution is -0.116. The van der Waals surface area contributed by atoms with Gasteiger partial charge in [0.05, 0.1) is 11.8 Å². The molecule has 0 aliphatic heterocycles. The molecule has 1 aromatic heterocycles. The fourth-order valence-corrected chi connectivity index (χ4v) is 2.60. The zero-order chi connectivity index (χ0) is 21.5. The second kappa shape index (κ2) is 9.71. The van der Waals surface area contributed by atoms with Crippen LogP contribution in [0.15, 0.2) is 67.0 Å². The third kappa shape index (κ3) is 5.45. The molecule has 0 saturated heterocycles. The maximum Gasteiger partial charge on any atom is 0.244 e. The number of pyridine rings is 1. The van der Waals surface area contributed by atoms with Gasteiger partial charge in [0.25, 0.3) is 0 Å². The summed E-state index contributed by atoms with van der Waals surface area (Å²) in [6.45, 7) is -0.396. The highest BCUT2D eigenvalue weighted by molar-refractivity contribution is 5.91. The average molecular weight is 414 g/mol. The van der Waals surface area contributed by atoms with E-state index in [1.54, 1.807) is 24.4 Å². The number of amides is 1. The van der Waals surface area contributed by atoms with E-state index in [-0.39, 0.29) is 5.75 Å². The van der Waals surface area contributed by atoms with E-state index in [1.165, 1.54) is 30.5 Å². The quantitative estimate of drug-likeness (QED) is 0.570. The second-order valence-electron chi connectivity index (χ2n) is 6.21. The van der Waals surface area contributed by atoms with Gasteiger partial charge in [-0.1, -0.05) is 12.1 Å². The normalized spacial score (nSPS) is 12.0. The Balaban J connectivity index is 1.57. The van der Waals surface area contributed by atoms with Gasteiger partial charge in [-0.2, -0.15) is 0 Å². The topological polar surface area (TPSA) is 71.5 Å². The van der Waals surface area contributed by atoms with Crippen LogP contribution in [0.4, 0.5) is 13.2 Å². The Labute approximate surface area is 170 Å². The molecule has 8 heteroatoms. The summed E-state index contributed by atoms with van der Waals surface area (Å²) in [5, 5.41) is 12.2. The van der Waals surface area contributed by atoms with Crippen molar-refractivity contribution in [1.29, 1.82) is 0 Å². The SMILES string of the molecule is O=C(/C=C/c1ccc(Oc2cccnc2)c(F)c1)NCC(O)c1c(F)cccc1F. The largest absolute Gasteiger partial charge is 0.453 e. The molecule has 1 heterocycles. The minimum atomic E-state index is -1.55. The van der Waals surface area contributed by atoms with E-state index in [4.69, 9.17) is 4.74 Å². The Bertz CT molecular complexity index is 1040. The van der Waals surface area contributed by atoms with Gasteiger partial charge in [0.1, 0.15) is 23.5 Å². The molecular formula is C22H17F3N2O3. The molecule has 5 nitrogen and oxygen atoms in total. The molecule has 1 unspecified atom stereocenters. The summed E-state index contributed by atoms with van der Waals surface area (Å²) in [6, 6.07) is 10.6. The molecule has 0 fully saturated rings. The Hall–Kier alpha value is -3.65. The van der Waals surface area contributed by atoms with Gasteiger partial charge < -0.3 is 15.2 Å². The lowest BCUT2D eigenvalue weighted by Crippen LogP contribution is -2.27. The van der Waals surface area contributed by atoms with Gasteiger partial charge in [-0.05, 0) is 48.0 Å². The smallest absolute Gasteiger partial charge is 0.244 e. The van der Waals surface area contributed by atoms with Crippen molar-refractivity contribution in [2.24, 2.45) is 0 Å². The monoisotopic (exact) mass is 414 g/mol. The van der Waals surface area contributed by atoms with Crippen LogP contribution in [-0.2, 0) is 4.79 Å². The predicted molar refractivity (Wildman–Crippen MR) is 104 cm³/mol. The van der Waals surface area contributed by atoms with Gasteiger partial charge in [0, 0.05) is 18.8 Å². The van der Waals surface area contributed by atoms with Crippen LogP contribution in [0.3, 0.4) is 0 Å². The van der Waals surface area contributed by atoms with Crippen LogP contribution in [0, 0.1) is 17.5 Å². The number of rotatable bonds is 7. The minimum absolute atomic E-state index is 0.000335. The first kappa shape index (κ1) is 21.1. The lowest BCUT2D eigenvalue weighted by atomic mass is 10.1. The highest BCUT2D eigenvalue weighted by Crippen LogP contribution is 2.25. The first-order valence-corrected chi connectivity index (χ1v) is 8.89. The van der Waals surface area contributed by atoms with Crippen LogP contribution in [0.1, 0.15) is 17.2 Å². The number of hydrogen-bond donors (Lipinski definition) is 2. The van der Waals surface area contributed by atoms with E-state index >= 15 is 0 Å². The zero-order valence-electron chi connectivity index (χ0n) is 15.6. The molecule has 3 aromatic rings. The summed E-state index contributed by atoms with van der Waals surface area (Å²) in [6.07, 6.45) is 3.92. The number of nitrogens with zero attached hydrogens (tertiary/aromatic N) is 1. The van der Waals surface area contributed by atoms with Crippen LogP contribution in [-0.4, -0.2) is 22.5 Å². The Morgan fingerprint density at radius 3 is 2.53 bits per heavy atom. The summed E-state index contributed by atoms with van der Waals surface area (Å²) in [7, 11) is 0. The third-order valence-corrected chi connectivity index (χ3v) is 4.05. The number of aliphatic hydroxyl groups excluding tert-OH is 1. The number of ether oxygens (including phenoxy) is 1. The van der Waals surface area contributed by atoms with Crippen molar-refractivity contribution in [2.75, 3.05) is 6.54 Å². The van der Waals surface area contributed by atoms with Crippen LogP contribution in [0.5, 0.6) is 11.5 Å².